The molecule has 2 aromatic carbocycles. The Morgan fingerprint density at radius 2 is 1.96 bits per heavy atom. The first kappa shape index (κ1) is 17.5. The van der Waals surface area contributed by atoms with Gasteiger partial charge in [-0.1, -0.05) is 46.3 Å². The number of carbonyl (C=O) groups excluding carboxylic acids is 1. The number of hydrogen-bond acceptors (Lipinski definition) is 3. The molecule has 0 unspecified atom stereocenters. The van der Waals surface area contributed by atoms with Crippen molar-refractivity contribution in [3.63, 3.8) is 0 Å². The highest BCUT2D eigenvalue weighted by Gasteiger charge is 2.27. The summed E-state index contributed by atoms with van der Waals surface area (Å²) < 4.78 is 0.981. The van der Waals surface area contributed by atoms with Gasteiger partial charge in [0, 0.05) is 28.2 Å². The van der Waals surface area contributed by atoms with E-state index in [1.54, 1.807) is 6.08 Å². The van der Waals surface area contributed by atoms with Gasteiger partial charge >= 0.3 is 0 Å². The van der Waals surface area contributed by atoms with Crippen molar-refractivity contribution in [3.05, 3.63) is 75.1 Å². The average molecular weight is 411 g/mol. The topological polar surface area (TPSA) is 52.9 Å². The highest BCUT2D eigenvalue weighted by atomic mass is 79.9. The summed E-state index contributed by atoms with van der Waals surface area (Å²) in [6, 6.07) is 17.7. The number of nitrogens with one attached hydrogen (secondary N) is 1. The molecule has 0 spiro atoms. The zero-order valence-electron chi connectivity index (χ0n) is 13.5. The number of amides is 1. The number of nitrogens with zero attached hydrogens (tertiary/aromatic N) is 1. The Kier molecular flexibility index (Phi) is 5.42. The van der Waals surface area contributed by atoms with E-state index in [9.17, 15) is 4.79 Å². The smallest absolute Gasteiger partial charge is 0.256 e. The van der Waals surface area contributed by atoms with Gasteiger partial charge in [-0.3, -0.25) is 4.79 Å². The van der Waals surface area contributed by atoms with Crippen molar-refractivity contribution in [1.29, 1.82) is 5.26 Å². The first-order chi connectivity index (χ1) is 12.1. The van der Waals surface area contributed by atoms with E-state index in [4.69, 9.17) is 5.26 Å². The molecule has 1 amide bonds. The minimum absolute atomic E-state index is 0.100. The molecule has 124 valence electrons. The number of hydrogen-bond donors (Lipinski definition) is 1. The number of thioether (sulfide) groups is 1. The first-order valence-corrected chi connectivity index (χ1v) is 9.68. The van der Waals surface area contributed by atoms with Crippen molar-refractivity contribution in [1.82, 2.24) is 0 Å². The third-order valence-corrected chi connectivity index (χ3v) is 5.32. The average Bonchev–Trinajstić information content (AvgIpc) is 2.95. The lowest BCUT2D eigenvalue weighted by atomic mass is 9.93. The minimum atomic E-state index is -0.100. The fraction of sp³-hybridized carbons (Fsp3) is 0.100. The number of allylic oxidation sites excluding steroid dienone is 3. The van der Waals surface area contributed by atoms with E-state index in [0.29, 0.717) is 12.0 Å². The van der Waals surface area contributed by atoms with Crippen LogP contribution in [0.3, 0.4) is 0 Å². The van der Waals surface area contributed by atoms with Crippen LogP contribution in [0.25, 0.3) is 11.1 Å². The van der Waals surface area contributed by atoms with Crippen LogP contribution in [0.5, 0.6) is 0 Å². The predicted molar refractivity (Wildman–Crippen MR) is 108 cm³/mol. The number of anilines is 1. The zero-order chi connectivity index (χ0) is 17.8. The van der Waals surface area contributed by atoms with Gasteiger partial charge in [0.2, 0.25) is 0 Å². The Balaban J connectivity index is 2.21. The summed E-state index contributed by atoms with van der Waals surface area (Å²) in [7, 11) is 0. The van der Waals surface area contributed by atoms with E-state index in [1.807, 2.05) is 54.8 Å². The van der Waals surface area contributed by atoms with E-state index in [-0.39, 0.29) is 5.91 Å². The fourth-order valence-corrected chi connectivity index (χ4v) is 3.55. The second kappa shape index (κ2) is 7.73. The molecule has 3 nitrogen and oxygen atoms in total. The number of para-hydroxylation sites is 1. The summed E-state index contributed by atoms with van der Waals surface area (Å²) >= 11 is 4.98. The Bertz CT molecular complexity index is 923. The summed E-state index contributed by atoms with van der Waals surface area (Å²) in [6.45, 7) is 0. The molecule has 0 fully saturated rings. The second-order valence-corrected chi connectivity index (χ2v) is 7.33. The van der Waals surface area contributed by atoms with Crippen LogP contribution >= 0.6 is 27.7 Å². The van der Waals surface area contributed by atoms with Gasteiger partial charge in [0.25, 0.3) is 5.91 Å². The number of rotatable bonds is 4. The van der Waals surface area contributed by atoms with Crippen molar-refractivity contribution < 1.29 is 4.79 Å². The molecular weight excluding hydrogens is 396 g/mol. The van der Waals surface area contributed by atoms with Crippen LogP contribution in [-0.2, 0) is 4.79 Å². The van der Waals surface area contributed by atoms with E-state index >= 15 is 0 Å². The van der Waals surface area contributed by atoms with Crippen molar-refractivity contribution in [2.24, 2.45) is 0 Å². The lowest BCUT2D eigenvalue weighted by Gasteiger charge is -2.13. The molecule has 0 radical (unpaired) electrons. The van der Waals surface area contributed by atoms with E-state index in [0.717, 1.165) is 31.8 Å². The Labute approximate surface area is 159 Å². The molecule has 1 aliphatic heterocycles. The zero-order valence-corrected chi connectivity index (χ0v) is 15.9. The molecule has 0 atom stereocenters. The molecule has 1 aliphatic rings. The molecule has 0 saturated carbocycles. The van der Waals surface area contributed by atoms with E-state index in [2.05, 4.69) is 27.3 Å². The van der Waals surface area contributed by atoms with Crippen LogP contribution < -0.4 is 5.32 Å². The Morgan fingerprint density at radius 1 is 1.24 bits per heavy atom. The number of benzene rings is 2. The largest absolute Gasteiger partial charge is 0.321 e. The highest BCUT2D eigenvalue weighted by Crippen LogP contribution is 2.40. The van der Waals surface area contributed by atoms with Gasteiger partial charge in [-0.25, -0.2) is 0 Å². The van der Waals surface area contributed by atoms with Gasteiger partial charge in [0.05, 0.1) is 11.6 Å². The number of fused-ring (bicyclic) bond motifs is 1. The van der Waals surface area contributed by atoms with Gasteiger partial charge in [0.15, 0.2) is 0 Å². The quantitative estimate of drug-likeness (QED) is 0.536. The lowest BCUT2D eigenvalue weighted by Crippen LogP contribution is -2.06. The minimum Gasteiger partial charge on any atom is -0.321 e. The molecular formula is C20H15BrN2OS. The normalized spacial score (nSPS) is 15.4. The van der Waals surface area contributed by atoms with Gasteiger partial charge in [0.1, 0.15) is 0 Å². The third-order valence-electron chi connectivity index (χ3n) is 4.00. The SMILES string of the molecule is CS/C(=C\C#N)C/C(=C1\C(=O)Nc2ccccc21)c1ccc(Br)cc1. The lowest BCUT2D eigenvalue weighted by molar-refractivity contribution is -0.110. The van der Waals surface area contributed by atoms with Gasteiger partial charge in [-0.2, -0.15) is 5.26 Å². The standard InChI is InChI=1S/C20H15BrN2OS/c1-25-15(10-11-22)12-17(13-6-8-14(21)9-7-13)19-16-4-2-3-5-18(16)23-20(19)24/h2-10H,12H2,1H3,(H,23,24)/b15-10-,19-17+. The molecule has 2 aromatic rings. The molecule has 25 heavy (non-hydrogen) atoms. The molecule has 0 aliphatic carbocycles. The predicted octanol–water partition coefficient (Wildman–Crippen LogP) is 5.47. The van der Waals surface area contributed by atoms with Crippen LogP contribution in [-0.4, -0.2) is 12.2 Å². The van der Waals surface area contributed by atoms with Crippen molar-refractivity contribution in [2.75, 3.05) is 11.6 Å². The van der Waals surface area contributed by atoms with Crippen molar-refractivity contribution >= 4 is 50.4 Å². The van der Waals surface area contributed by atoms with Crippen LogP contribution in [0.2, 0.25) is 0 Å². The second-order valence-electron chi connectivity index (χ2n) is 5.48. The Morgan fingerprint density at radius 3 is 2.64 bits per heavy atom. The van der Waals surface area contributed by atoms with E-state index in [1.165, 1.54) is 11.8 Å². The summed E-state index contributed by atoms with van der Waals surface area (Å²) in [5.41, 5.74) is 4.31. The molecule has 0 bridgehead atoms. The maximum atomic E-state index is 12.7. The van der Waals surface area contributed by atoms with Crippen molar-refractivity contribution in [3.8, 4) is 6.07 Å². The molecule has 1 N–H and O–H groups in total. The van der Waals surface area contributed by atoms with Crippen LogP contribution in [0.15, 0.2) is 64.0 Å². The molecule has 1 heterocycles. The molecule has 3 rings (SSSR count). The number of nitriles is 1. The first-order valence-electron chi connectivity index (χ1n) is 7.66. The van der Waals surface area contributed by atoms with E-state index < -0.39 is 0 Å². The maximum absolute atomic E-state index is 12.7. The van der Waals surface area contributed by atoms with Gasteiger partial charge in [-0.15, -0.1) is 11.8 Å². The summed E-state index contributed by atoms with van der Waals surface area (Å²) in [6.07, 6.45) is 4.02. The maximum Gasteiger partial charge on any atom is 0.256 e. The molecule has 0 aromatic heterocycles. The molecule has 5 heteroatoms. The summed E-state index contributed by atoms with van der Waals surface area (Å²) in [5, 5.41) is 12.0. The monoisotopic (exact) mass is 410 g/mol. The van der Waals surface area contributed by atoms with Crippen LogP contribution in [0, 0.1) is 11.3 Å². The molecule has 0 saturated heterocycles. The van der Waals surface area contributed by atoms with Crippen LogP contribution in [0.4, 0.5) is 5.69 Å². The summed E-state index contributed by atoms with van der Waals surface area (Å²) in [5.74, 6) is -0.100. The highest BCUT2D eigenvalue weighted by molar-refractivity contribution is 9.10. The fourth-order valence-electron chi connectivity index (χ4n) is 2.83. The number of carbonyl (C=O) groups is 1. The van der Waals surface area contributed by atoms with Gasteiger partial charge < -0.3 is 5.32 Å². The number of halogens is 1. The van der Waals surface area contributed by atoms with Gasteiger partial charge in [-0.05, 0) is 40.5 Å². The van der Waals surface area contributed by atoms with Crippen LogP contribution in [0.1, 0.15) is 17.5 Å². The summed E-state index contributed by atoms with van der Waals surface area (Å²) in [4.78, 5) is 13.6. The Hall–Kier alpha value is -2.29. The third kappa shape index (κ3) is 3.71. The van der Waals surface area contributed by atoms with Crippen molar-refractivity contribution in [2.45, 2.75) is 6.42 Å².